The van der Waals surface area contributed by atoms with Crippen molar-refractivity contribution >= 4 is 0 Å². The topological polar surface area (TPSA) is 34.0 Å². The SMILES string of the molecule is c1ccc([C@H]2N=N[C@]3(c4ccccc4)c4ccccc4OC[C@H]23)cc1. The molecular formula is C22H18N2O. The van der Waals surface area contributed by atoms with Crippen molar-refractivity contribution in [2.75, 3.05) is 6.61 Å². The van der Waals surface area contributed by atoms with Crippen molar-refractivity contribution in [2.45, 2.75) is 11.6 Å². The number of hydrogen-bond donors (Lipinski definition) is 0. The Morgan fingerprint density at radius 3 is 2.28 bits per heavy atom. The number of rotatable bonds is 2. The molecule has 2 aliphatic heterocycles. The summed E-state index contributed by atoms with van der Waals surface area (Å²) < 4.78 is 6.12. The Hall–Kier alpha value is -2.94. The van der Waals surface area contributed by atoms with Crippen LogP contribution >= 0.6 is 0 Å². The third-order valence-corrected chi connectivity index (χ3v) is 5.33. The van der Waals surface area contributed by atoms with Crippen LogP contribution in [0, 0.1) is 5.92 Å². The molecule has 3 atom stereocenters. The van der Waals surface area contributed by atoms with Gasteiger partial charge in [-0.15, -0.1) is 0 Å². The molecule has 0 unspecified atom stereocenters. The summed E-state index contributed by atoms with van der Waals surface area (Å²) in [7, 11) is 0. The molecule has 0 aromatic heterocycles. The molecule has 0 bridgehead atoms. The fourth-order valence-electron chi connectivity index (χ4n) is 4.16. The predicted octanol–water partition coefficient (Wildman–Crippen LogP) is 5.15. The van der Waals surface area contributed by atoms with E-state index in [4.69, 9.17) is 15.0 Å². The van der Waals surface area contributed by atoms with Gasteiger partial charge in [0.05, 0.1) is 12.5 Å². The van der Waals surface area contributed by atoms with Crippen molar-refractivity contribution in [3.8, 4) is 5.75 Å². The summed E-state index contributed by atoms with van der Waals surface area (Å²) in [4.78, 5) is 0. The Bertz CT molecular complexity index is 923. The maximum absolute atomic E-state index is 6.12. The van der Waals surface area contributed by atoms with Gasteiger partial charge in [-0.05, 0) is 17.2 Å². The maximum Gasteiger partial charge on any atom is 0.143 e. The van der Waals surface area contributed by atoms with Gasteiger partial charge in [-0.3, -0.25) is 0 Å². The van der Waals surface area contributed by atoms with Crippen LogP contribution in [0.3, 0.4) is 0 Å². The summed E-state index contributed by atoms with van der Waals surface area (Å²) in [6.07, 6.45) is 0. The monoisotopic (exact) mass is 326 g/mol. The van der Waals surface area contributed by atoms with Gasteiger partial charge in [0.25, 0.3) is 0 Å². The van der Waals surface area contributed by atoms with Gasteiger partial charge in [-0.2, -0.15) is 10.2 Å². The van der Waals surface area contributed by atoms with Crippen LogP contribution in [0.2, 0.25) is 0 Å². The van der Waals surface area contributed by atoms with E-state index in [9.17, 15) is 0 Å². The van der Waals surface area contributed by atoms with Crippen molar-refractivity contribution < 1.29 is 4.74 Å². The maximum atomic E-state index is 6.12. The van der Waals surface area contributed by atoms with Crippen LogP contribution in [0.1, 0.15) is 22.7 Å². The molecule has 0 saturated carbocycles. The standard InChI is InChI=1S/C22H18N2O/c1-3-9-16(10-4-1)21-19-15-25-20-14-8-7-13-18(20)22(19,24-23-21)17-11-5-2-6-12-17/h1-14,19,21H,15H2/t19-,21-,22-/m1/s1. The van der Waals surface area contributed by atoms with Gasteiger partial charge in [0, 0.05) is 5.56 Å². The minimum Gasteiger partial charge on any atom is -0.493 e. The lowest BCUT2D eigenvalue weighted by Crippen LogP contribution is -2.41. The van der Waals surface area contributed by atoms with Gasteiger partial charge in [0.1, 0.15) is 17.3 Å². The number of ether oxygens (including phenoxy) is 1. The lowest BCUT2D eigenvalue weighted by molar-refractivity contribution is 0.157. The molecule has 0 radical (unpaired) electrons. The number of azo groups is 1. The number of hydrogen-bond acceptors (Lipinski definition) is 3. The highest BCUT2D eigenvalue weighted by atomic mass is 16.5. The van der Waals surface area contributed by atoms with Crippen molar-refractivity contribution in [2.24, 2.45) is 16.1 Å². The van der Waals surface area contributed by atoms with Gasteiger partial charge < -0.3 is 4.74 Å². The molecule has 3 nitrogen and oxygen atoms in total. The van der Waals surface area contributed by atoms with Gasteiger partial charge in [-0.25, -0.2) is 0 Å². The van der Waals surface area contributed by atoms with E-state index in [1.807, 2.05) is 24.3 Å². The Balaban J connectivity index is 1.72. The quantitative estimate of drug-likeness (QED) is 0.641. The molecule has 0 saturated heterocycles. The summed E-state index contributed by atoms with van der Waals surface area (Å²) in [6.45, 7) is 0.610. The van der Waals surface area contributed by atoms with Gasteiger partial charge >= 0.3 is 0 Å². The molecule has 0 N–H and O–H groups in total. The van der Waals surface area contributed by atoms with Crippen LogP contribution in [0.4, 0.5) is 0 Å². The first-order valence-electron chi connectivity index (χ1n) is 8.64. The molecule has 122 valence electrons. The van der Waals surface area contributed by atoms with Crippen molar-refractivity contribution in [3.63, 3.8) is 0 Å². The van der Waals surface area contributed by atoms with Crippen LogP contribution in [-0.2, 0) is 5.54 Å². The van der Waals surface area contributed by atoms with Gasteiger partial charge in [0.15, 0.2) is 0 Å². The molecular weight excluding hydrogens is 308 g/mol. The molecule has 0 amide bonds. The molecule has 5 rings (SSSR count). The Kier molecular flexibility index (Phi) is 3.20. The molecule has 3 aromatic carbocycles. The molecule has 3 heteroatoms. The number of para-hydroxylation sites is 1. The lowest BCUT2D eigenvalue weighted by Gasteiger charge is -2.39. The summed E-state index contributed by atoms with van der Waals surface area (Å²) >= 11 is 0. The molecule has 2 heterocycles. The largest absolute Gasteiger partial charge is 0.493 e. The lowest BCUT2D eigenvalue weighted by atomic mass is 9.69. The number of nitrogens with zero attached hydrogens (tertiary/aromatic N) is 2. The molecule has 25 heavy (non-hydrogen) atoms. The van der Waals surface area contributed by atoms with E-state index < -0.39 is 5.54 Å². The zero-order valence-corrected chi connectivity index (χ0v) is 13.7. The van der Waals surface area contributed by atoms with Crippen molar-refractivity contribution in [3.05, 3.63) is 102 Å². The highest BCUT2D eigenvalue weighted by Gasteiger charge is 2.54. The number of benzene rings is 3. The van der Waals surface area contributed by atoms with E-state index in [1.54, 1.807) is 0 Å². The van der Waals surface area contributed by atoms with E-state index in [-0.39, 0.29) is 12.0 Å². The first kappa shape index (κ1) is 14.4. The predicted molar refractivity (Wildman–Crippen MR) is 96.7 cm³/mol. The van der Waals surface area contributed by atoms with E-state index >= 15 is 0 Å². The highest BCUT2D eigenvalue weighted by molar-refractivity contribution is 5.51. The first-order chi connectivity index (χ1) is 12.4. The summed E-state index contributed by atoms with van der Waals surface area (Å²) in [6, 6.07) is 29.1. The van der Waals surface area contributed by atoms with E-state index in [0.29, 0.717) is 6.61 Å². The normalized spacial score (nSPS) is 26.6. The zero-order chi connectivity index (χ0) is 16.7. The molecule has 2 aliphatic rings. The minimum atomic E-state index is -0.476. The average molecular weight is 326 g/mol. The summed E-state index contributed by atoms with van der Waals surface area (Å²) in [5.74, 6) is 1.06. The van der Waals surface area contributed by atoms with Crippen LogP contribution in [0.15, 0.2) is 95.2 Å². The van der Waals surface area contributed by atoms with Crippen LogP contribution in [-0.4, -0.2) is 6.61 Å². The van der Waals surface area contributed by atoms with E-state index in [1.165, 1.54) is 11.1 Å². The van der Waals surface area contributed by atoms with Crippen LogP contribution in [0.5, 0.6) is 5.75 Å². The first-order valence-corrected chi connectivity index (χ1v) is 8.64. The molecule has 0 fully saturated rings. The average Bonchev–Trinajstić information content (AvgIpc) is 3.10. The highest BCUT2D eigenvalue weighted by Crippen LogP contribution is 2.56. The van der Waals surface area contributed by atoms with Crippen LogP contribution < -0.4 is 4.74 Å². The number of fused-ring (bicyclic) bond motifs is 3. The van der Waals surface area contributed by atoms with Crippen molar-refractivity contribution in [1.29, 1.82) is 0 Å². The smallest absolute Gasteiger partial charge is 0.143 e. The molecule has 0 spiro atoms. The second kappa shape index (κ2) is 5.55. The van der Waals surface area contributed by atoms with Crippen LogP contribution in [0.25, 0.3) is 0 Å². The minimum absolute atomic E-state index is 0.00904. The third kappa shape index (κ3) is 2.05. The van der Waals surface area contributed by atoms with Crippen molar-refractivity contribution in [1.82, 2.24) is 0 Å². The van der Waals surface area contributed by atoms with Gasteiger partial charge in [-0.1, -0.05) is 78.9 Å². The fraction of sp³-hybridized carbons (Fsp3) is 0.182. The molecule has 3 aromatic rings. The Morgan fingerprint density at radius 2 is 1.48 bits per heavy atom. The van der Waals surface area contributed by atoms with E-state index in [2.05, 4.69) is 60.7 Å². The molecule has 0 aliphatic carbocycles. The second-order valence-corrected chi connectivity index (χ2v) is 6.62. The summed E-state index contributed by atoms with van der Waals surface area (Å²) in [5.41, 5.74) is 3.01. The second-order valence-electron chi connectivity index (χ2n) is 6.62. The van der Waals surface area contributed by atoms with Gasteiger partial charge in [0.2, 0.25) is 0 Å². The summed E-state index contributed by atoms with van der Waals surface area (Å²) in [5, 5.41) is 9.65. The Labute approximate surface area is 147 Å². The zero-order valence-electron chi connectivity index (χ0n) is 13.7. The van der Waals surface area contributed by atoms with E-state index in [0.717, 1.165) is 11.3 Å². The Morgan fingerprint density at radius 1 is 0.800 bits per heavy atom. The third-order valence-electron chi connectivity index (χ3n) is 5.33. The fourth-order valence-corrected chi connectivity index (χ4v) is 4.16.